The van der Waals surface area contributed by atoms with Gasteiger partial charge in [0.2, 0.25) is 5.91 Å². The lowest BCUT2D eigenvalue weighted by Crippen LogP contribution is -2.30. The molecule has 1 aromatic carbocycles. The fourth-order valence-electron chi connectivity index (χ4n) is 2.99. The smallest absolute Gasteiger partial charge is 0.225 e. The first-order chi connectivity index (χ1) is 10.2. The van der Waals surface area contributed by atoms with Gasteiger partial charge in [-0.3, -0.25) is 4.79 Å². The number of nitrogens with zero attached hydrogens (tertiary/aromatic N) is 3. The Kier molecular flexibility index (Phi) is 2.80. The molecular weight excluding hydrogens is 264 g/mol. The monoisotopic (exact) mass is 282 g/mol. The maximum atomic E-state index is 12.0. The van der Waals surface area contributed by atoms with Crippen LogP contribution in [0.3, 0.4) is 0 Å². The summed E-state index contributed by atoms with van der Waals surface area (Å²) in [5, 5.41) is 3.41. The van der Waals surface area contributed by atoms with E-state index in [1.54, 1.807) is 0 Å². The molecule has 1 N–H and O–H groups in total. The van der Waals surface area contributed by atoms with E-state index in [2.05, 4.69) is 15.3 Å². The number of aromatic nitrogens is 2. The van der Waals surface area contributed by atoms with Crippen molar-refractivity contribution < 1.29 is 4.79 Å². The number of hydrogen-bond acceptors (Lipinski definition) is 4. The van der Waals surface area contributed by atoms with Crippen LogP contribution in [0.4, 0.5) is 5.82 Å². The Morgan fingerprint density at radius 2 is 1.90 bits per heavy atom. The van der Waals surface area contributed by atoms with Crippen LogP contribution in [0.2, 0.25) is 0 Å². The predicted octanol–water partition coefficient (Wildman–Crippen LogP) is 2.11. The van der Waals surface area contributed by atoms with Gasteiger partial charge in [0.05, 0.1) is 22.8 Å². The highest BCUT2D eigenvalue weighted by Gasteiger charge is 2.39. The van der Waals surface area contributed by atoms with Crippen molar-refractivity contribution in [3.8, 4) is 0 Å². The maximum absolute atomic E-state index is 12.0. The minimum Gasteiger partial charge on any atom is -0.364 e. The molecule has 2 aromatic rings. The van der Waals surface area contributed by atoms with Gasteiger partial charge in [-0.15, -0.1) is 0 Å². The lowest BCUT2D eigenvalue weighted by atomic mass is 10.2. The summed E-state index contributed by atoms with van der Waals surface area (Å²) in [6.07, 6.45) is 2.88. The third-order valence-electron chi connectivity index (χ3n) is 4.23. The normalized spacial score (nSPS) is 22.0. The number of benzene rings is 1. The van der Waals surface area contributed by atoms with Crippen molar-refractivity contribution in [2.75, 3.05) is 11.9 Å². The van der Waals surface area contributed by atoms with Crippen LogP contribution >= 0.6 is 0 Å². The molecule has 4 rings (SSSR count). The molecule has 5 heteroatoms. The van der Waals surface area contributed by atoms with Crippen molar-refractivity contribution in [1.82, 2.24) is 14.9 Å². The average molecular weight is 282 g/mol. The van der Waals surface area contributed by atoms with Gasteiger partial charge in [0.1, 0.15) is 5.82 Å². The molecule has 1 aliphatic carbocycles. The zero-order valence-corrected chi connectivity index (χ0v) is 12.0. The number of rotatable bonds is 3. The second-order valence-corrected chi connectivity index (χ2v) is 5.97. The van der Waals surface area contributed by atoms with Crippen molar-refractivity contribution in [1.29, 1.82) is 0 Å². The minimum absolute atomic E-state index is 0.146. The Balaban J connectivity index is 1.57. The highest BCUT2D eigenvalue weighted by atomic mass is 16.2. The zero-order valence-electron chi connectivity index (χ0n) is 12.0. The molecule has 1 atom stereocenters. The van der Waals surface area contributed by atoms with Gasteiger partial charge in [-0.05, 0) is 31.9 Å². The van der Waals surface area contributed by atoms with E-state index >= 15 is 0 Å². The van der Waals surface area contributed by atoms with Crippen molar-refractivity contribution in [2.45, 2.75) is 38.3 Å². The third-order valence-corrected chi connectivity index (χ3v) is 4.23. The van der Waals surface area contributed by atoms with E-state index in [0.29, 0.717) is 12.5 Å². The number of carbonyl (C=O) groups excluding carboxylic acids is 1. The Morgan fingerprint density at radius 1 is 1.19 bits per heavy atom. The van der Waals surface area contributed by atoms with E-state index in [0.717, 1.165) is 41.9 Å². The highest BCUT2D eigenvalue weighted by molar-refractivity contribution is 5.81. The van der Waals surface area contributed by atoms with E-state index in [4.69, 9.17) is 0 Å². The van der Waals surface area contributed by atoms with Crippen LogP contribution < -0.4 is 5.32 Å². The van der Waals surface area contributed by atoms with Crippen LogP contribution in [0.25, 0.3) is 11.0 Å². The van der Waals surface area contributed by atoms with Crippen LogP contribution in [0.5, 0.6) is 0 Å². The lowest BCUT2D eigenvalue weighted by Gasteiger charge is -2.17. The number of fused-ring (bicyclic) bond motifs is 1. The van der Waals surface area contributed by atoms with Crippen LogP contribution in [-0.4, -0.2) is 39.4 Å². The summed E-state index contributed by atoms with van der Waals surface area (Å²) in [6.45, 7) is 2.74. The summed E-state index contributed by atoms with van der Waals surface area (Å²) in [7, 11) is 0. The summed E-state index contributed by atoms with van der Waals surface area (Å²) >= 11 is 0. The standard InChI is InChI=1S/C16H18N4O/c1-10-16(19-14-5-3-2-4-13(14)17-10)18-11-8-15(21)20(9-11)12-6-7-12/h2-5,11-12H,6-9H2,1H3,(H,18,19)/t11-/m0/s1. The van der Waals surface area contributed by atoms with E-state index in [1.165, 1.54) is 0 Å². The molecule has 2 aliphatic rings. The van der Waals surface area contributed by atoms with E-state index in [-0.39, 0.29) is 11.9 Å². The van der Waals surface area contributed by atoms with Gasteiger partial charge in [0.15, 0.2) is 0 Å². The average Bonchev–Trinajstić information content (AvgIpc) is 3.24. The molecular formula is C16H18N4O. The molecule has 0 spiro atoms. The van der Waals surface area contributed by atoms with Gasteiger partial charge in [-0.2, -0.15) is 0 Å². The molecule has 5 nitrogen and oxygen atoms in total. The SMILES string of the molecule is Cc1nc2ccccc2nc1N[C@H]1CC(=O)N(C2CC2)C1. The van der Waals surface area contributed by atoms with Crippen LogP contribution in [0.15, 0.2) is 24.3 Å². The largest absolute Gasteiger partial charge is 0.364 e. The molecule has 1 saturated heterocycles. The molecule has 1 aliphatic heterocycles. The molecule has 0 radical (unpaired) electrons. The summed E-state index contributed by atoms with van der Waals surface area (Å²) in [5.74, 6) is 1.06. The Morgan fingerprint density at radius 3 is 2.62 bits per heavy atom. The number of aryl methyl sites for hydroxylation is 1. The number of amides is 1. The Labute approximate surface area is 123 Å². The summed E-state index contributed by atoms with van der Waals surface area (Å²) in [6, 6.07) is 8.49. The first kappa shape index (κ1) is 12.6. The molecule has 108 valence electrons. The second kappa shape index (κ2) is 4.69. The van der Waals surface area contributed by atoms with Crippen LogP contribution in [0, 0.1) is 6.92 Å². The van der Waals surface area contributed by atoms with Crippen LogP contribution in [-0.2, 0) is 4.79 Å². The third kappa shape index (κ3) is 2.33. The highest BCUT2D eigenvalue weighted by Crippen LogP contribution is 2.31. The molecule has 1 saturated carbocycles. The quantitative estimate of drug-likeness (QED) is 0.936. The number of anilines is 1. The van der Waals surface area contributed by atoms with E-state index in [9.17, 15) is 4.79 Å². The molecule has 1 amide bonds. The lowest BCUT2D eigenvalue weighted by molar-refractivity contribution is -0.128. The predicted molar refractivity (Wildman–Crippen MR) is 81.0 cm³/mol. The zero-order chi connectivity index (χ0) is 14.4. The van der Waals surface area contributed by atoms with Crippen molar-refractivity contribution in [3.63, 3.8) is 0 Å². The second-order valence-electron chi connectivity index (χ2n) is 5.97. The molecule has 0 unspecified atom stereocenters. The van der Waals surface area contributed by atoms with Gasteiger partial charge in [-0.1, -0.05) is 12.1 Å². The molecule has 1 aromatic heterocycles. The number of likely N-dealkylation sites (tertiary alicyclic amines) is 1. The number of hydrogen-bond donors (Lipinski definition) is 1. The molecule has 2 heterocycles. The minimum atomic E-state index is 0.146. The number of nitrogens with one attached hydrogen (secondary N) is 1. The van der Waals surface area contributed by atoms with E-state index in [1.807, 2.05) is 36.1 Å². The first-order valence-electron chi connectivity index (χ1n) is 7.50. The van der Waals surface area contributed by atoms with Gasteiger partial charge in [-0.25, -0.2) is 9.97 Å². The summed E-state index contributed by atoms with van der Waals surface area (Å²) in [5.41, 5.74) is 2.67. The fraction of sp³-hybridized carbons (Fsp3) is 0.438. The van der Waals surface area contributed by atoms with Crippen molar-refractivity contribution >= 4 is 22.8 Å². The van der Waals surface area contributed by atoms with E-state index < -0.39 is 0 Å². The Hall–Kier alpha value is -2.17. The summed E-state index contributed by atoms with van der Waals surface area (Å²) < 4.78 is 0. The fourth-order valence-corrected chi connectivity index (χ4v) is 2.99. The van der Waals surface area contributed by atoms with Gasteiger partial charge >= 0.3 is 0 Å². The topological polar surface area (TPSA) is 58.1 Å². The van der Waals surface area contributed by atoms with Crippen molar-refractivity contribution in [2.24, 2.45) is 0 Å². The van der Waals surface area contributed by atoms with Crippen molar-refractivity contribution in [3.05, 3.63) is 30.0 Å². The van der Waals surface area contributed by atoms with Gasteiger partial charge in [0.25, 0.3) is 0 Å². The summed E-state index contributed by atoms with van der Waals surface area (Å²) in [4.78, 5) is 23.2. The van der Waals surface area contributed by atoms with Gasteiger partial charge in [0, 0.05) is 19.0 Å². The first-order valence-corrected chi connectivity index (χ1v) is 7.50. The molecule has 2 fully saturated rings. The molecule has 0 bridgehead atoms. The maximum Gasteiger partial charge on any atom is 0.225 e. The number of para-hydroxylation sites is 2. The van der Waals surface area contributed by atoms with Crippen LogP contribution in [0.1, 0.15) is 25.0 Å². The number of carbonyl (C=O) groups is 1. The van der Waals surface area contributed by atoms with Gasteiger partial charge < -0.3 is 10.2 Å². The Bertz CT molecular complexity index is 710. The molecule has 21 heavy (non-hydrogen) atoms.